The van der Waals surface area contributed by atoms with Crippen molar-refractivity contribution in [2.45, 2.75) is 55.4 Å². The van der Waals surface area contributed by atoms with Crippen LogP contribution in [0.3, 0.4) is 0 Å². The second kappa shape index (κ2) is 11.1. The third kappa shape index (κ3) is 8.79. The summed E-state index contributed by atoms with van der Waals surface area (Å²) >= 11 is 0. The van der Waals surface area contributed by atoms with Gasteiger partial charge in [-0.05, 0) is 0 Å². The first kappa shape index (κ1) is 32.0. The minimum Gasteiger partial charge on any atom is -0.456 e. The van der Waals surface area contributed by atoms with E-state index in [0.717, 1.165) is 0 Å². The van der Waals surface area contributed by atoms with Crippen LogP contribution >= 0.6 is 0 Å². The van der Waals surface area contributed by atoms with E-state index in [2.05, 4.69) is 28.4 Å². The highest BCUT2D eigenvalue weighted by atomic mass is 19.4. The lowest BCUT2D eigenvalue weighted by Crippen LogP contribution is -2.64. The molecule has 0 bridgehead atoms. The molecule has 1 aliphatic rings. The fraction of sp³-hybridized carbons (Fsp3) is 0.733. The lowest BCUT2D eigenvalue weighted by Gasteiger charge is -2.43. The zero-order chi connectivity index (χ0) is 29.1. The Morgan fingerprint density at radius 3 is 1.30 bits per heavy atom. The van der Waals surface area contributed by atoms with Crippen molar-refractivity contribution in [2.75, 3.05) is 13.7 Å². The number of hydrogen-bond acceptors (Lipinski definition) is 10. The molecule has 0 aromatic heterocycles. The Labute approximate surface area is 194 Å². The van der Waals surface area contributed by atoms with Crippen LogP contribution in [-0.4, -0.2) is 93.0 Å². The molecule has 1 heterocycles. The second-order valence-corrected chi connectivity index (χ2v) is 6.48. The minimum absolute atomic E-state index is 0.475. The van der Waals surface area contributed by atoms with Gasteiger partial charge in [0.15, 0.2) is 24.6 Å². The van der Waals surface area contributed by atoms with Gasteiger partial charge in [-0.15, -0.1) is 0 Å². The summed E-state index contributed by atoms with van der Waals surface area (Å²) in [5, 5.41) is 0. The second-order valence-electron chi connectivity index (χ2n) is 6.48. The molecule has 37 heavy (non-hydrogen) atoms. The van der Waals surface area contributed by atoms with Gasteiger partial charge in [0.25, 0.3) is 0 Å². The van der Waals surface area contributed by atoms with Gasteiger partial charge in [-0.3, -0.25) is 0 Å². The molecule has 5 unspecified atom stereocenters. The SMILES string of the molecule is COC1OC(COC(=O)C(F)(F)F)C(OC(=O)C(F)(F)F)C(OC(=O)C(F)(F)F)C1OC(=O)C(F)(F)F. The molecule has 10 nitrogen and oxygen atoms in total. The first-order valence-corrected chi connectivity index (χ1v) is 8.75. The molecule has 0 amide bonds. The summed E-state index contributed by atoms with van der Waals surface area (Å²) in [6.45, 7) is -1.91. The van der Waals surface area contributed by atoms with Crippen LogP contribution in [0.4, 0.5) is 52.7 Å². The van der Waals surface area contributed by atoms with Crippen molar-refractivity contribution < 1.29 is 100 Å². The van der Waals surface area contributed by atoms with Crippen LogP contribution in [0.2, 0.25) is 0 Å². The normalized spacial score (nSPS) is 25.2. The smallest absolute Gasteiger partial charge is 0.456 e. The molecule has 214 valence electrons. The zero-order valence-corrected chi connectivity index (χ0v) is 17.2. The number of rotatable bonds is 6. The van der Waals surface area contributed by atoms with E-state index in [1.165, 1.54) is 0 Å². The van der Waals surface area contributed by atoms with E-state index in [4.69, 9.17) is 0 Å². The van der Waals surface area contributed by atoms with Gasteiger partial charge in [0, 0.05) is 7.11 Å². The van der Waals surface area contributed by atoms with Crippen LogP contribution in [0, 0.1) is 0 Å². The molecule has 1 rings (SSSR count). The van der Waals surface area contributed by atoms with E-state index in [1.54, 1.807) is 0 Å². The van der Waals surface area contributed by atoms with Crippen molar-refractivity contribution in [3.63, 3.8) is 0 Å². The lowest BCUT2D eigenvalue weighted by molar-refractivity contribution is -0.317. The molecule has 0 saturated carbocycles. The minimum atomic E-state index is -6.02. The van der Waals surface area contributed by atoms with Gasteiger partial charge in [-0.1, -0.05) is 0 Å². The predicted molar refractivity (Wildman–Crippen MR) is 80.5 cm³/mol. The first-order chi connectivity index (χ1) is 16.5. The maximum absolute atomic E-state index is 12.7. The van der Waals surface area contributed by atoms with Crippen molar-refractivity contribution in [3.05, 3.63) is 0 Å². The average molecular weight is 578 g/mol. The summed E-state index contributed by atoms with van der Waals surface area (Å²) in [6.07, 6.45) is -38.7. The van der Waals surface area contributed by atoms with Gasteiger partial charge < -0.3 is 28.4 Å². The summed E-state index contributed by atoms with van der Waals surface area (Å²) in [5.41, 5.74) is 0. The standard InChI is InChI=1S/C15H10F12O10/c1-32-7-6(37-11(31)15(25,26)27)5(36-10(30)14(22,23)24)4(35-9(29)13(19,20)21)3(34-7)2-33-8(28)12(16,17)18/h3-7H,2H2,1H3. The van der Waals surface area contributed by atoms with Crippen molar-refractivity contribution in [3.8, 4) is 0 Å². The molecule has 1 aliphatic heterocycles. The molecular weight excluding hydrogens is 568 g/mol. The van der Waals surface area contributed by atoms with E-state index < -0.39 is 85.9 Å². The summed E-state index contributed by atoms with van der Waals surface area (Å²) in [7, 11) is 0.475. The Kier molecular flexibility index (Phi) is 9.64. The van der Waals surface area contributed by atoms with Crippen LogP contribution in [0.25, 0.3) is 0 Å². The third-order valence-electron chi connectivity index (χ3n) is 3.86. The monoisotopic (exact) mass is 578 g/mol. The molecule has 22 heteroatoms. The maximum Gasteiger partial charge on any atom is 0.490 e. The molecule has 0 aliphatic carbocycles. The van der Waals surface area contributed by atoms with Crippen LogP contribution in [0.15, 0.2) is 0 Å². The molecular formula is C15H10F12O10. The van der Waals surface area contributed by atoms with Crippen LogP contribution in [0.5, 0.6) is 0 Å². The van der Waals surface area contributed by atoms with Crippen LogP contribution in [0.1, 0.15) is 0 Å². The highest BCUT2D eigenvalue weighted by Crippen LogP contribution is 2.34. The third-order valence-corrected chi connectivity index (χ3v) is 3.86. The first-order valence-electron chi connectivity index (χ1n) is 8.75. The van der Waals surface area contributed by atoms with Gasteiger partial charge in [0.05, 0.1) is 0 Å². The summed E-state index contributed by atoms with van der Waals surface area (Å²) in [6, 6.07) is 0. The van der Waals surface area contributed by atoms with Crippen molar-refractivity contribution in [1.82, 2.24) is 0 Å². The number of hydrogen-bond donors (Lipinski definition) is 0. The van der Waals surface area contributed by atoms with E-state index in [0.29, 0.717) is 7.11 Å². The van der Waals surface area contributed by atoms with Gasteiger partial charge in [0.1, 0.15) is 12.7 Å². The molecule has 0 spiro atoms. The zero-order valence-electron chi connectivity index (χ0n) is 17.2. The summed E-state index contributed by atoms with van der Waals surface area (Å²) in [4.78, 5) is 44.7. The van der Waals surface area contributed by atoms with Crippen molar-refractivity contribution in [1.29, 1.82) is 0 Å². The molecule has 0 aromatic rings. The van der Waals surface area contributed by atoms with Crippen molar-refractivity contribution in [2.24, 2.45) is 0 Å². The van der Waals surface area contributed by atoms with Crippen LogP contribution < -0.4 is 0 Å². The van der Waals surface area contributed by atoms with Gasteiger partial charge >= 0.3 is 48.6 Å². The summed E-state index contributed by atoms with van der Waals surface area (Å²) < 4.78 is 175. The molecule has 0 aromatic carbocycles. The Balaban J connectivity index is 3.58. The molecule has 1 saturated heterocycles. The predicted octanol–water partition coefficient (Wildman–Crippen LogP) is 1.89. The molecule has 0 radical (unpaired) electrons. The van der Waals surface area contributed by atoms with E-state index in [9.17, 15) is 71.9 Å². The van der Waals surface area contributed by atoms with Gasteiger partial charge in [-0.2, -0.15) is 52.7 Å². The fourth-order valence-corrected chi connectivity index (χ4v) is 2.41. The number of ether oxygens (including phenoxy) is 6. The van der Waals surface area contributed by atoms with E-state index in [1.807, 2.05) is 0 Å². The number of carbonyl (C=O) groups excluding carboxylic acids is 4. The summed E-state index contributed by atoms with van der Waals surface area (Å²) in [5.74, 6) is -13.0. The van der Waals surface area contributed by atoms with Crippen molar-refractivity contribution >= 4 is 23.9 Å². The number of carbonyl (C=O) groups is 4. The largest absolute Gasteiger partial charge is 0.490 e. The van der Waals surface area contributed by atoms with E-state index >= 15 is 0 Å². The average Bonchev–Trinajstić information content (AvgIpc) is 2.71. The quantitative estimate of drug-likeness (QED) is 0.262. The molecule has 1 fully saturated rings. The fourth-order valence-electron chi connectivity index (χ4n) is 2.41. The number of halogens is 12. The van der Waals surface area contributed by atoms with Gasteiger partial charge in [-0.25, -0.2) is 19.2 Å². The number of methoxy groups -OCH3 is 1. The number of alkyl halides is 12. The molecule has 5 atom stereocenters. The Bertz CT molecular complexity index is 862. The van der Waals surface area contributed by atoms with Crippen LogP contribution in [-0.2, 0) is 47.6 Å². The Hall–Kier alpha value is -3.04. The number of esters is 4. The lowest BCUT2D eigenvalue weighted by atomic mass is 9.98. The Morgan fingerprint density at radius 1 is 0.595 bits per heavy atom. The van der Waals surface area contributed by atoms with E-state index in [-0.39, 0.29) is 0 Å². The molecule has 0 N–H and O–H groups in total. The van der Waals surface area contributed by atoms with Gasteiger partial charge in [0.2, 0.25) is 0 Å². The topological polar surface area (TPSA) is 124 Å². The maximum atomic E-state index is 12.7. The Morgan fingerprint density at radius 2 is 0.946 bits per heavy atom. The highest BCUT2D eigenvalue weighted by molar-refractivity contribution is 5.78. The highest BCUT2D eigenvalue weighted by Gasteiger charge is 2.59.